The fraction of sp³-hybridized carbons (Fsp3) is 0.933. The third-order valence-corrected chi connectivity index (χ3v) is 4.56. The van der Waals surface area contributed by atoms with E-state index in [-0.39, 0.29) is 30.1 Å². The van der Waals surface area contributed by atoms with E-state index in [0.717, 1.165) is 50.4 Å². The molecule has 1 saturated carbocycles. The molecule has 2 fully saturated rings. The molecule has 0 aromatic rings. The van der Waals surface area contributed by atoms with Crippen molar-refractivity contribution in [2.24, 2.45) is 16.8 Å². The van der Waals surface area contributed by atoms with Crippen LogP contribution >= 0.6 is 24.0 Å². The molecule has 0 bridgehead atoms. The van der Waals surface area contributed by atoms with Gasteiger partial charge in [-0.3, -0.25) is 4.99 Å². The number of likely N-dealkylation sites (tertiary alicyclic amines) is 1. The van der Waals surface area contributed by atoms with Crippen molar-refractivity contribution in [3.8, 4) is 0 Å². The highest BCUT2D eigenvalue weighted by Crippen LogP contribution is 2.29. The number of nitrogens with one attached hydrogen (secondary N) is 1. The lowest BCUT2D eigenvalue weighted by atomic mass is 9.80. The average Bonchev–Trinajstić information content (AvgIpc) is 2.83. The Kier molecular flexibility index (Phi) is 8.17. The summed E-state index contributed by atoms with van der Waals surface area (Å²) >= 11 is 0. The van der Waals surface area contributed by atoms with E-state index in [1.165, 1.54) is 25.7 Å². The van der Waals surface area contributed by atoms with Gasteiger partial charge in [0.2, 0.25) is 0 Å². The maximum absolute atomic E-state index is 9.65. The topological polar surface area (TPSA) is 47.9 Å². The molecule has 0 radical (unpaired) electrons. The zero-order valence-electron chi connectivity index (χ0n) is 12.8. The van der Waals surface area contributed by atoms with Crippen LogP contribution in [0.15, 0.2) is 4.99 Å². The van der Waals surface area contributed by atoms with E-state index in [1.54, 1.807) is 0 Å². The number of aliphatic hydroxyl groups excluding tert-OH is 1. The number of aliphatic imine (C=N–C) groups is 1. The molecule has 2 unspecified atom stereocenters. The second kappa shape index (κ2) is 9.07. The van der Waals surface area contributed by atoms with Crippen LogP contribution in [0.25, 0.3) is 0 Å². The van der Waals surface area contributed by atoms with Gasteiger partial charge in [0.15, 0.2) is 5.96 Å². The van der Waals surface area contributed by atoms with E-state index in [2.05, 4.69) is 24.1 Å². The number of guanidine groups is 1. The first kappa shape index (κ1) is 18.0. The average molecular weight is 395 g/mol. The molecular weight excluding hydrogens is 365 g/mol. The summed E-state index contributed by atoms with van der Waals surface area (Å²) in [5.41, 5.74) is 0. The van der Waals surface area contributed by atoms with Gasteiger partial charge in [-0.2, -0.15) is 0 Å². The predicted octanol–water partition coefficient (Wildman–Crippen LogP) is 2.46. The van der Waals surface area contributed by atoms with Gasteiger partial charge in [-0.1, -0.05) is 26.2 Å². The summed E-state index contributed by atoms with van der Waals surface area (Å²) < 4.78 is 0. The lowest BCUT2D eigenvalue weighted by Crippen LogP contribution is -2.41. The van der Waals surface area contributed by atoms with Crippen LogP contribution in [-0.4, -0.2) is 48.2 Å². The van der Waals surface area contributed by atoms with E-state index in [0.29, 0.717) is 0 Å². The van der Waals surface area contributed by atoms with Gasteiger partial charge in [0, 0.05) is 26.2 Å². The van der Waals surface area contributed by atoms with E-state index < -0.39 is 0 Å². The van der Waals surface area contributed by atoms with E-state index in [1.807, 2.05) is 0 Å². The fourth-order valence-electron chi connectivity index (χ4n) is 3.23. The molecule has 20 heavy (non-hydrogen) atoms. The molecule has 2 rings (SSSR count). The summed E-state index contributed by atoms with van der Waals surface area (Å²) in [5, 5.41) is 13.0. The Morgan fingerprint density at radius 3 is 2.65 bits per heavy atom. The van der Waals surface area contributed by atoms with Crippen molar-refractivity contribution < 1.29 is 5.11 Å². The maximum Gasteiger partial charge on any atom is 0.194 e. The quantitative estimate of drug-likeness (QED) is 0.439. The summed E-state index contributed by atoms with van der Waals surface area (Å²) in [6, 6.07) is 0. The largest absolute Gasteiger partial charge is 0.391 e. The Morgan fingerprint density at radius 1 is 1.30 bits per heavy atom. The molecule has 1 saturated heterocycles. The Hall–Kier alpha value is -0.0400. The SMILES string of the molecule is CCNC(=NCC1CCCCC1C)N1CC[C@@H](O)C1.I. The minimum atomic E-state index is -0.183. The molecule has 5 heteroatoms. The molecule has 0 aromatic heterocycles. The lowest BCUT2D eigenvalue weighted by Gasteiger charge is -2.28. The van der Waals surface area contributed by atoms with Crippen molar-refractivity contribution in [2.45, 2.75) is 52.1 Å². The van der Waals surface area contributed by atoms with Gasteiger partial charge in [0.05, 0.1) is 6.10 Å². The number of halogens is 1. The highest BCUT2D eigenvalue weighted by molar-refractivity contribution is 14.0. The Labute approximate surface area is 140 Å². The van der Waals surface area contributed by atoms with Crippen LogP contribution in [0.4, 0.5) is 0 Å². The monoisotopic (exact) mass is 395 g/mol. The number of aliphatic hydroxyl groups is 1. The molecule has 2 N–H and O–H groups in total. The first-order valence-corrected chi connectivity index (χ1v) is 7.92. The summed E-state index contributed by atoms with van der Waals surface area (Å²) in [5.74, 6) is 2.55. The summed E-state index contributed by atoms with van der Waals surface area (Å²) in [6.07, 6.45) is 6.12. The van der Waals surface area contributed by atoms with Crippen LogP contribution in [0.3, 0.4) is 0 Å². The standard InChI is InChI=1S/C15H29N3O.HI/c1-3-16-15(18-9-8-14(19)11-18)17-10-13-7-5-4-6-12(13)2;/h12-14,19H,3-11H2,1-2H3,(H,16,17);1H/t12?,13?,14-;/m1./s1. The van der Waals surface area contributed by atoms with Crippen LogP contribution in [0.1, 0.15) is 46.0 Å². The first-order chi connectivity index (χ1) is 9.20. The minimum absolute atomic E-state index is 0. The lowest BCUT2D eigenvalue weighted by molar-refractivity contribution is 0.187. The van der Waals surface area contributed by atoms with Crippen molar-refractivity contribution >= 4 is 29.9 Å². The van der Waals surface area contributed by atoms with Crippen molar-refractivity contribution in [2.75, 3.05) is 26.2 Å². The highest BCUT2D eigenvalue weighted by Gasteiger charge is 2.24. The summed E-state index contributed by atoms with van der Waals surface area (Å²) in [4.78, 5) is 7.02. The summed E-state index contributed by atoms with van der Waals surface area (Å²) in [7, 11) is 0. The molecule has 0 aromatic carbocycles. The van der Waals surface area contributed by atoms with Gasteiger partial charge in [0.1, 0.15) is 0 Å². The number of rotatable bonds is 3. The van der Waals surface area contributed by atoms with Crippen molar-refractivity contribution in [1.82, 2.24) is 10.2 Å². The van der Waals surface area contributed by atoms with Crippen molar-refractivity contribution in [3.63, 3.8) is 0 Å². The Morgan fingerprint density at radius 2 is 2.05 bits per heavy atom. The third kappa shape index (κ3) is 5.06. The molecule has 2 aliphatic rings. The first-order valence-electron chi connectivity index (χ1n) is 7.92. The number of hydrogen-bond donors (Lipinski definition) is 2. The minimum Gasteiger partial charge on any atom is -0.391 e. The van der Waals surface area contributed by atoms with Gasteiger partial charge >= 0.3 is 0 Å². The van der Waals surface area contributed by atoms with Gasteiger partial charge in [-0.15, -0.1) is 24.0 Å². The number of hydrogen-bond acceptors (Lipinski definition) is 2. The van der Waals surface area contributed by atoms with Gasteiger partial charge in [0.25, 0.3) is 0 Å². The Bertz CT molecular complexity index is 311. The Balaban J connectivity index is 0.00000200. The second-order valence-electron chi connectivity index (χ2n) is 6.10. The predicted molar refractivity (Wildman–Crippen MR) is 94.7 cm³/mol. The van der Waals surface area contributed by atoms with Crippen LogP contribution in [0.2, 0.25) is 0 Å². The zero-order valence-corrected chi connectivity index (χ0v) is 15.2. The molecule has 0 spiro atoms. The van der Waals surface area contributed by atoms with Crippen LogP contribution in [0, 0.1) is 11.8 Å². The van der Waals surface area contributed by atoms with Crippen LogP contribution in [0.5, 0.6) is 0 Å². The molecular formula is C15H30IN3O. The van der Waals surface area contributed by atoms with Gasteiger partial charge in [-0.05, 0) is 31.6 Å². The smallest absolute Gasteiger partial charge is 0.194 e. The van der Waals surface area contributed by atoms with Crippen LogP contribution in [-0.2, 0) is 0 Å². The van der Waals surface area contributed by atoms with Crippen LogP contribution < -0.4 is 5.32 Å². The van der Waals surface area contributed by atoms with Gasteiger partial charge < -0.3 is 15.3 Å². The van der Waals surface area contributed by atoms with E-state index in [4.69, 9.17) is 4.99 Å². The molecule has 3 atom stereocenters. The zero-order chi connectivity index (χ0) is 13.7. The number of nitrogens with zero attached hydrogens (tertiary/aromatic N) is 2. The third-order valence-electron chi connectivity index (χ3n) is 4.56. The molecule has 0 amide bonds. The number of β-amino-alcohol motifs (C(OH)–C–C–N with tert-alkyl or cyclic N) is 1. The fourth-order valence-corrected chi connectivity index (χ4v) is 3.23. The molecule has 1 aliphatic carbocycles. The molecule has 1 heterocycles. The van der Waals surface area contributed by atoms with E-state index in [9.17, 15) is 5.11 Å². The van der Waals surface area contributed by atoms with E-state index >= 15 is 0 Å². The van der Waals surface area contributed by atoms with Crippen molar-refractivity contribution in [3.05, 3.63) is 0 Å². The highest BCUT2D eigenvalue weighted by atomic mass is 127. The second-order valence-corrected chi connectivity index (χ2v) is 6.10. The normalized spacial score (nSPS) is 31.1. The van der Waals surface area contributed by atoms with Crippen molar-refractivity contribution in [1.29, 1.82) is 0 Å². The molecule has 118 valence electrons. The molecule has 4 nitrogen and oxygen atoms in total. The maximum atomic E-state index is 9.65. The van der Waals surface area contributed by atoms with Gasteiger partial charge in [-0.25, -0.2) is 0 Å². The summed E-state index contributed by atoms with van der Waals surface area (Å²) in [6.45, 7) is 7.96. The molecule has 1 aliphatic heterocycles.